The van der Waals surface area contributed by atoms with Gasteiger partial charge in [-0.1, -0.05) is 17.3 Å². The maximum atomic E-state index is 13.4. The van der Waals surface area contributed by atoms with Gasteiger partial charge in [0.2, 0.25) is 11.3 Å². The number of aromatic nitrogens is 3. The highest BCUT2D eigenvalue weighted by atomic mass is 19.1. The van der Waals surface area contributed by atoms with Crippen molar-refractivity contribution in [1.82, 2.24) is 15.1 Å². The van der Waals surface area contributed by atoms with Crippen molar-refractivity contribution in [3.8, 4) is 22.8 Å². The number of aryl methyl sites for hydroxylation is 2. The number of halogens is 1. The first-order valence-corrected chi connectivity index (χ1v) is 7.75. The summed E-state index contributed by atoms with van der Waals surface area (Å²) in [5, 5.41) is 4.20. The summed E-state index contributed by atoms with van der Waals surface area (Å²) < 4.78 is 18.7. The molecule has 2 heterocycles. The largest absolute Gasteiger partial charge is 0.360 e. The van der Waals surface area contributed by atoms with Crippen LogP contribution in [0.15, 0.2) is 51.9 Å². The molecule has 0 aliphatic carbocycles. The Labute approximate surface area is 142 Å². The van der Waals surface area contributed by atoms with Gasteiger partial charge in [-0.25, -0.2) is 4.39 Å². The number of nitrogens with zero attached hydrogens (tertiary/aromatic N) is 2. The predicted molar refractivity (Wildman–Crippen MR) is 92.7 cm³/mol. The molecule has 1 N–H and O–H groups in total. The lowest BCUT2D eigenvalue weighted by Gasteiger charge is -2.01. The molecule has 0 saturated heterocycles. The Morgan fingerprint density at radius 2 is 1.92 bits per heavy atom. The maximum absolute atomic E-state index is 13.4. The van der Waals surface area contributed by atoms with Crippen LogP contribution in [0, 0.1) is 19.7 Å². The molecule has 0 aliphatic heterocycles. The Morgan fingerprint density at radius 3 is 2.72 bits per heavy atom. The fourth-order valence-corrected chi connectivity index (χ4v) is 2.68. The fraction of sp³-hybridized carbons (Fsp3) is 0.105. The van der Waals surface area contributed by atoms with Crippen LogP contribution in [0.1, 0.15) is 11.1 Å². The van der Waals surface area contributed by atoms with Crippen LogP contribution in [0.25, 0.3) is 33.7 Å². The zero-order valence-corrected chi connectivity index (χ0v) is 13.6. The number of pyridine rings is 1. The minimum Gasteiger partial charge on any atom is -0.360 e. The van der Waals surface area contributed by atoms with Crippen molar-refractivity contribution < 1.29 is 8.91 Å². The van der Waals surface area contributed by atoms with E-state index in [-0.39, 0.29) is 22.3 Å². The van der Waals surface area contributed by atoms with Crippen LogP contribution in [-0.4, -0.2) is 15.1 Å². The lowest BCUT2D eigenvalue weighted by atomic mass is 10.1. The van der Waals surface area contributed by atoms with Crippen molar-refractivity contribution in [3.05, 3.63) is 69.8 Å². The van der Waals surface area contributed by atoms with E-state index >= 15 is 0 Å². The van der Waals surface area contributed by atoms with Gasteiger partial charge in [-0.2, -0.15) is 4.98 Å². The molecule has 0 fully saturated rings. The van der Waals surface area contributed by atoms with E-state index in [1.807, 2.05) is 32.0 Å². The normalized spacial score (nSPS) is 11.2. The summed E-state index contributed by atoms with van der Waals surface area (Å²) in [6, 6.07) is 9.85. The number of aromatic amines is 1. The molecule has 2 aromatic carbocycles. The lowest BCUT2D eigenvalue weighted by Crippen LogP contribution is -2.06. The van der Waals surface area contributed by atoms with Crippen LogP contribution in [0.2, 0.25) is 0 Å². The lowest BCUT2D eigenvalue weighted by molar-refractivity contribution is 0.432. The Balaban J connectivity index is 1.82. The van der Waals surface area contributed by atoms with Gasteiger partial charge in [-0.3, -0.25) is 4.79 Å². The highest BCUT2D eigenvalue weighted by Gasteiger charge is 2.16. The molecule has 0 radical (unpaired) electrons. The molecular formula is C19H14FN3O2. The zero-order chi connectivity index (χ0) is 17.6. The van der Waals surface area contributed by atoms with Crippen LogP contribution in [0.4, 0.5) is 4.39 Å². The third-order valence-corrected chi connectivity index (χ3v) is 4.26. The van der Waals surface area contributed by atoms with E-state index in [9.17, 15) is 9.18 Å². The van der Waals surface area contributed by atoms with E-state index in [0.29, 0.717) is 11.3 Å². The molecule has 6 heteroatoms. The average Bonchev–Trinajstić information content (AvgIpc) is 3.08. The van der Waals surface area contributed by atoms with Gasteiger partial charge in [-0.15, -0.1) is 0 Å². The number of rotatable bonds is 2. The average molecular weight is 335 g/mol. The summed E-state index contributed by atoms with van der Waals surface area (Å²) in [6.45, 7) is 4.02. The third kappa shape index (κ3) is 2.61. The van der Waals surface area contributed by atoms with Gasteiger partial charge in [0.25, 0.3) is 5.89 Å². The summed E-state index contributed by atoms with van der Waals surface area (Å²) in [7, 11) is 0. The summed E-state index contributed by atoms with van der Waals surface area (Å²) >= 11 is 0. The van der Waals surface area contributed by atoms with Crippen molar-refractivity contribution >= 4 is 10.9 Å². The number of H-pyrrole nitrogens is 1. The molecule has 0 aliphatic rings. The van der Waals surface area contributed by atoms with E-state index in [4.69, 9.17) is 4.52 Å². The molecule has 4 rings (SSSR count). The smallest absolute Gasteiger partial charge is 0.263 e. The zero-order valence-electron chi connectivity index (χ0n) is 13.6. The number of benzene rings is 2. The summed E-state index contributed by atoms with van der Waals surface area (Å²) in [4.78, 5) is 19.9. The molecule has 4 aromatic rings. The Morgan fingerprint density at radius 1 is 1.08 bits per heavy atom. The van der Waals surface area contributed by atoms with E-state index < -0.39 is 5.82 Å². The second-order valence-corrected chi connectivity index (χ2v) is 5.94. The minimum atomic E-state index is -0.475. The first-order chi connectivity index (χ1) is 12.0. The quantitative estimate of drug-likeness (QED) is 0.601. The second-order valence-electron chi connectivity index (χ2n) is 5.94. The standard InChI is InChI=1S/C19H14FN3O2/c1-10-3-4-12(7-11(10)2)18-22-19(25-23-18)15-9-21-16-6-5-13(20)8-14(16)17(15)24/h3-9H,1-2H3,(H,21,24). The number of hydrogen-bond acceptors (Lipinski definition) is 4. The van der Waals surface area contributed by atoms with Gasteiger partial charge in [0, 0.05) is 22.7 Å². The van der Waals surface area contributed by atoms with Crippen LogP contribution in [0.3, 0.4) is 0 Å². The monoisotopic (exact) mass is 335 g/mol. The molecule has 0 atom stereocenters. The van der Waals surface area contributed by atoms with Crippen LogP contribution in [-0.2, 0) is 0 Å². The Hall–Kier alpha value is -3.28. The third-order valence-electron chi connectivity index (χ3n) is 4.26. The van der Waals surface area contributed by atoms with E-state index in [2.05, 4.69) is 15.1 Å². The van der Waals surface area contributed by atoms with E-state index in [1.165, 1.54) is 30.0 Å². The van der Waals surface area contributed by atoms with Crippen molar-refractivity contribution in [1.29, 1.82) is 0 Å². The number of fused-ring (bicyclic) bond motifs is 1. The van der Waals surface area contributed by atoms with Gasteiger partial charge < -0.3 is 9.51 Å². The number of hydrogen-bond donors (Lipinski definition) is 1. The van der Waals surface area contributed by atoms with Crippen LogP contribution in [0.5, 0.6) is 0 Å². The molecule has 2 aromatic heterocycles. The number of nitrogens with one attached hydrogen (secondary N) is 1. The molecule has 5 nitrogen and oxygen atoms in total. The van der Waals surface area contributed by atoms with Crippen molar-refractivity contribution in [2.24, 2.45) is 0 Å². The SMILES string of the molecule is Cc1ccc(-c2noc(-c3c[nH]c4ccc(F)cc4c3=O)n2)cc1C. The van der Waals surface area contributed by atoms with Gasteiger partial charge >= 0.3 is 0 Å². The van der Waals surface area contributed by atoms with Gasteiger partial charge in [0.05, 0.1) is 0 Å². The van der Waals surface area contributed by atoms with E-state index in [0.717, 1.165) is 11.1 Å². The van der Waals surface area contributed by atoms with Crippen LogP contribution < -0.4 is 5.43 Å². The summed E-state index contributed by atoms with van der Waals surface area (Å²) in [5.74, 6) is 0.0222. The molecule has 0 unspecified atom stereocenters. The first kappa shape index (κ1) is 15.3. The van der Waals surface area contributed by atoms with Crippen molar-refractivity contribution in [2.75, 3.05) is 0 Å². The molecule has 0 amide bonds. The topological polar surface area (TPSA) is 71.8 Å². The predicted octanol–water partition coefficient (Wildman–Crippen LogP) is 4.00. The Bertz CT molecular complexity index is 1160. The van der Waals surface area contributed by atoms with Crippen molar-refractivity contribution in [2.45, 2.75) is 13.8 Å². The summed E-state index contributed by atoms with van der Waals surface area (Å²) in [5.41, 5.74) is 3.48. The first-order valence-electron chi connectivity index (χ1n) is 7.75. The van der Waals surface area contributed by atoms with Gasteiger partial charge in [-0.05, 0) is 49.2 Å². The minimum absolute atomic E-state index is 0.0978. The van der Waals surface area contributed by atoms with Crippen molar-refractivity contribution in [3.63, 3.8) is 0 Å². The molecule has 25 heavy (non-hydrogen) atoms. The summed E-state index contributed by atoms with van der Waals surface area (Å²) in [6.07, 6.45) is 1.50. The Kier molecular flexibility index (Phi) is 3.46. The van der Waals surface area contributed by atoms with Gasteiger partial charge in [0.1, 0.15) is 11.4 Å². The van der Waals surface area contributed by atoms with Gasteiger partial charge in [0.15, 0.2) is 0 Å². The molecule has 0 spiro atoms. The molecule has 124 valence electrons. The highest BCUT2D eigenvalue weighted by molar-refractivity contribution is 5.82. The highest BCUT2D eigenvalue weighted by Crippen LogP contribution is 2.23. The van der Waals surface area contributed by atoms with E-state index in [1.54, 1.807) is 0 Å². The van der Waals surface area contributed by atoms with Crippen LogP contribution >= 0.6 is 0 Å². The molecule has 0 saturated carbocycles. The second kappa shape index (κ2) is 5.66. The molecular weight excluding hydrogens is 321 g/mol. The maximum Gasteiger partial charge on any atom is 0.263 e. The fourth-order valence-electron chi connectivity index (χ4n) is 2.68. The molecule has 0 bridgehead atoms.